The van der Waals surface area contributed by atoms with Crippen LogP contribution in [0.3, 0.4) is 0 Å². The van der Waals surface area contributed by atoms with E-state index in [0.29, 0.717) is 19.8 Å². The Morgan fingerprint density at radius 1 is 0.875 bits per heavy atom. The normalized spacial score (nSPS) is 10.3. The van der Waals surface area contributed by atoms with Gasteiger partial charge in [0.25, 0.3) is 0 Å². The van der Waals surface area contributed by atoms with Crippen LogP contribution in [0.2, 0.25) is 0 Å². The van der Waals surface area contributed by atoms with Gasteiger partial charge in [0.1, 0.15) is 0 Å². The summed E-state index contributed by atoms with van der Waals surface area (Å²) in [5.41, 5.74) is 0. The average molecular weight is 234 g/mol. The molecule has 0 aliphatic heterocycles. The first-order valence-electron chi connectivity index (χ1n) is 5.70. The number of ether oxygens (including phenoxy) is 2. The van der Waals surface area contributed by atoms with Crippen LogP contribution in [0, 0.1) is 0 Å². The average Bonchev–Trinajstić information content (AvgIpc) is 2.31. The Bertz CT molecular complexity index is 140. The molecule has 0 saturated carbocycles. The summed E-state index contributed by atoms with van der Waals surface area (Å²) in [6.45, 7) is 2.90. The summed E-state index contributed by atoms with van der Waals surface area (Å²) in [6.07, 6.45) is 5.38. The second-order valence-corrected chi connectivity index (χ2v) is 3.39. The van der Waals surface area contributed by atoms with E-state index >= 15 is 0 Å². The molecule has 0 amide bonds. The van der Waals surface area contributed by atoms with Gasteiger partial charge in [-0.1, -0.05) is 19.3 Å². The van der Waals surface area contributed by atoms with Gasteiger partial charge in [0.2, 0.25) is 0 Å². The number of rotatable bonds is 13. The Balaban J connectivity index is 2.85. The molecule has 0 rings (SSSR count). The van der Waals surface area contributed by atoms with Crippen molar-refractivity contribution in [1.29, 1.82) is 0 Å². The number of methoxy groups -OCH3 is 1. The Morgan fingerprint density at radius 2 is 1.56 bits per heavy atom. The van der Waals surface area contributed by atoms with E-state index in [1.165, 1.54) is 0 Å². The van der Waals surface area contributed by atoms with E-state index < -0.39 is 0 Å². The molecule has 0 saturated heterocycles. The molecule has 0 radical (unpaired) electrons. The third kappa shape index (κ3) is 13.4. The maximum atomic E-state index is 9.72. The quantitative estimate of drug-likeness (QED) is 0.210. The molecule has 96 valence electrons. The van der Waals surface area contributed by atoms with Crippen LogP contribution in [0.5, 0.6) is 0 Å². The van der Waals surface area contributed by atoms with E-state index in [2.05, 4.69) is 9.78 Å². The van der Waals surface area contributed by atoms with Crippen LogP contribution in [0.15, 0.2) is 0 Å². The van der Waals surface area contributed by atoms with Crippen molar-refractivity contribution in [1.82, 2.24) is 0 Å². The predicted octanol–water partition coefficient (Wildman–Crippen LogP) is 1.70. The Kier molecular flexibility index (Phi) is 13.8. The fraction of sp³-hybridized carbons (Fsp3) is 0.909. The number of hydrogen-bond donors (Lipinski definition) is 0. The van der Waals surface area contributed by atoms with Gasteiger partial charge in [-0.3, -0.25) is 4.79 Å². The van der Waals surface area contributed by atoms with Gasteiger partial charge in [0.05, 0.1) is 19.8 Å². The molecule has 0 unspecified atom stereocenters. The zero-order valence-corrected chi connectivity index (χ0v) is 9.98. The monoisotopic (exact) mass is 234 g/mol. The SMILES string of the molecule is COCCOCCCCCCCOOC=O. The molecule has 0 aromatic rings. The van der Waals surface area contributed by atoms with Crippen molar-refractivity contribution in [2.45, 2.75) is 32.1 Å². The Hall–Kier alpha value is -0.650. The van der Waals surface area contributed by atoms with Crippen LogP contribution < -0.4 is 0 Å². The summed E-state index contributed by atoms with van der Waals surface area (Å²) in [6, 6.07) is 0. The summed E-state index contributed by atoms with van der Waals surface area (Å²) < 4.78 is 10.2. The van der Waals surface area contributed by atoms with Gasteiger partial charge in [-0.2, -0.15) is 4.89 Å². The van der Waals surface area contributed by atoms with Crippen molar-refractivity contribution in [3.8, 4) is 0 Å². The van der Waals surface area contributed by atoms with Crippen LogP contribution in [0.1, 0.15) is 32.1 Å². The third-order valence-corrected chi connectivity index (χ3v) is 2.06. The molecule has 0 fully saturated rings. The van der Waals surface area contributed by atoms with Gasteiger partial charge in [0.15, 0.2) is 0 Å². The van der Waals surface area contributed by atoms with Gasteiger partial charge >= 0.3 is 6.47 Å². The fourth-order valence-corrected chi connectivity index (χ4v) is 1.22. The van der Waals surface area contributed by atoms with Crippen molar-refractivity contribution >= 4 is 6.47 Å². The van der Waals surface area contributed by atoms with Gasteiger partial charge in [-0.25, -0.2) is 0 Å². The molecule has 0 aromatic heterocycles. The van der Waals surface area contributed by atoms with Crippen molar-refractivity contribution in [2.24, 2.45) is 0 Å². The number of carbonyl (C=O) groups is 1. The Labute approximate surface area is 96.9 Å². The van der Waals surface area contributed by atoms with Gasteiger partial charge in [-0.15, -0.1) is 0 Å². The predicted molar refractivity (Wildman–Crippen MR) is 58.9 cm³/mol. The molecule has 0 spiro atoms. The van der Waals surface area contributed by atoms with Crippen LogP contribution in [0.25, 0.3) is 0 Å². The lowest BCUT2D eigenvalue weighted by molar-refractivity contribution is -0.259. The number of hydrogen-bond acceptors (Lipinski definition) is 5. The lowest BCUT2D eigenvalue weighted by Crippen LogP contribution is -2.02. The zero-order chi connectivity index (χ0) is 11.9. The molecule has 0 aliphatic rings. The first-order valence-corrected chi connectivity index (χ1v) is 5.70. The highest BCUT2D eigenvalue weighted by Crippen LogP contribution is 2.03. The largest absolute Gasteiger partial charge is 0.382 e. The van der Waals surface area contributed by atoms with E-state index in [-0.39, 0.29) is 6.47 Å². The van der Waals surface area contributed by atoms with E-state index in [4.69, 9.17) is 9.47 Å². The standard InChI is InChI=1S/C11H22O5/c1-13-9-10-14-7-5-3-2-4-6-8-15-16-11-12/h11H,2-10H2,1H3. The molecule has 0 aliphatic carbocycles. The number of unbranched alkanes of at least 4 members (excludes halogenated alkanes) is 4. The molecule has 5 nitrogen and oxygen atoms in total. The molecule has 0 bridgehead atoms. The zero-order valence-electron chi connectivity index (χ0n) is 9.98. The van der Waals surface area contributed by atoms with E-state index in [9.17, 15) is 4.79 Å². The molecule has 0 aromatic carbocycles. The second kappa shape index (κ2) is 14.3. The van der Waals surface area contributed by atoms with E-state index in [1.807, 2.05) is 0 Å². The summed E-state index contributed by atoms with van der Waals surface area (Å²) >= 11 is 0. The molecular weight excluding hydrogens is 212 g/mol. The van der Waals surface area contributed by atoms with E-state index in [0.717, 1.165) is 38.7 Å². The topological polar surface area (TPSA) is 54.0 Å². The minimum Gasteiger partial charge on any atom is -0.382 e. The first-order chi connectivity index (χ1) is 7.91. The molecule has 0 atom stereocenters. The van der Waals surface area contributed by atoms with Gasteiger partial charge in [0, 0.05) is 13.7 Å². The van der Waals surface area contributed by atoms with Crippen molar-refractivity contribution in [3.63, 3.8) is 0 Å². The summed E-state index contributed by atoms with van der Waals surface area (Å²) in [5.74, 6) is 0. The molecule has 16 heavy (non-hydrogen) atoms. The van der Waals surface area contributed by atoms with Crippen LogP contribution in [0.4, 0.5) is 0 Å². The highest BCUT2D eigenvalue weighted by molar-refractivity contribution is 5.35. The van der Waals surface area contributed by atoms with E-state index in [1.54, 1.807) is 7.11 Å². The minimum atomic E-state index is 0.289. The van der Waals surface area contributed by atoms with Crippen molar-refractivity contribution in [2.75, 3.05) is 33.5 Å². The molecule has 0 N–H and O–H groups in total. The minimum absolute atomic E-state index is 0.289. The summed E-state index contributed by atoms with van der Waals surface area (Å²) in [4.78, 5) is 18.4. The highest BCUT2D eigenvalue weighted by Gasteiger charge is 1.92. The lowest BCUT2D eigenvalue weighted by Gasteiger charge is -2.03. The van der Waals surface area contributed by atoms with Crippen LogP contribution in [-0.4, -0.2) is 40.0 Å². The lowest BCUT2D eigenvalue weighted by atomic mass is 10.1. The first kappa shape index (κ1) is 15.3. The smallest absolute Gasteiger partial charge is 0.330 e. The number of carbonyl (C=O) groups excluding carboxylic acids is 1. The van der Waals surface area contributed by atoms with Crippen molar-refractivity contribution < 1.29 is 24.0 Å². The molecule has 0 heterocycles. The molecular formula is C11H22O5. The molecule has 5 heteroatoms. The van der Waals surface area contributed by atoms with Crippen LogP contribution >= 0.6 is 0 Å². The summed E-state index contributed by atoms with van der Waals surface area (Å²) in [5, 5.41) is 0. The fourth-order valence-electron chi connectivity index (χ4n) is 1.22. The maximum Gasteiger partial charge on any atom is 0.330 e. The van der Waals surface area contributed by atoms with Gasteiger partial charge < -0.3 is 14.4 Å². The maximum absolute atomic E-state index is 9.72. The summed E-state index contributed by atoms with van der Waals surface area (Å²) in [7, 11) is 1.67. The van der Waals surface area contributed by atoms with Crippen LogP contribution in [-0.2, 0) is 24.0 Å². The van der Waals surface area contributed by atoms with Crippen molar-refractivity contribution in [3.05, 3.63) is 0 Å². The highest BCUT2D eigenvalue weighted by atomic mass is 17.2. The second-order valence-electron chi connectivity index (χ2n) is 3.39. The third-order valence-electron chi connectivity index (χ3n) is 2.06. The Morgan fingerprint density at radius 3 is 2.25 bits per heavy atom. The van der Waals surface area contributed by atoms with Gasteiger partial charge in [-0.05, 0) is 12.8 Å².